The molecule has 12 heteroatoms. The van der Waals surface area contributed by atoms with E-state index >= 15 is 0 Å². The van der Waals surface area contributed by atoms with Gasteiger partial charge in [0, 0.05) is 40.4 Å². The van der Waals surface area contributed by atoms with Gasteiger partial charge in [-0.05, 0) is 6.42 Å². The third-order valence-electron chi connectivity index (χ3n) is 3.82. The summed E-state index contributed by atoms with van der Waals surface area (Å²) in [5.74, 6) is -2.23. The van der Waals surface area contributed by atoms with Crippen molar-refractivity contribution in [3.63, 3.8) is 0 Å². The summed E-state index contributed by atoms with van der Waals surface area (Å²) < 4.78 is 32.3. The zero-order valence-corrected chi connectivity index (χ0v) is 18.9. The molecule has 0 spiro atoms. The molecule has 1 aliphatic rings. The Morgan fingerprint density at radius 1 is 0.774 bits per heavy atom. The highest BCUT2D eigenvalue weighted by Crippen LogP contribution is 2.30. The van der Waals surface area contributed by atoms with Crippen LogP contribution in [-0.2, 0) is 52.4 Å². The van der Waals surface area contributed by atoms with Gasteiger partial charge in [-0.1, -0.05) is 11.8 Å². The number of hydrogen-bond donors (Lipinski definition) is 0. The maximum Gasteiger partial charge on any atom is 0.303 e. The first-order chi connectivity index (χ1) is 14.5. The average Bonchev–Trinajstić information content (AvgIpc) is 2.62. The standard InChI is InChI=1S/C19H28O11S/c1-10(20)26-9-15-16(27-11(2)21)17(28-12(3)22)18(29-13(4)23)19(30-15)25-7-6-8-31-14(5)24/h15-19H,6-9H2,1-5H3/t15-,16-,17+,18+,19+/m1/s1. The third-order valence-corrected chi connectivity index (χ3v) is 4.72. The van der Waals surface area contributed by atoms with Crippen LogP contribution in [0.1, 0.15) is 41.0 Å². The minimum atomic E-state index is -1.27. The van der Waals surface area contributed by atoms with E-state index in [9.17, 15) is 24.0 Å². The van der Waals surface area contributed by atoms with Crippen molar-refractivity contribution in [1.82, 2.24) is 0 Å². The summed E-state index contributed by atoms with van der Waals surface area (Å²) in [6.45, 7) is 5.88. The van der Waals surface area contributed by atoms with Gasteiger partial charge in [0.1, 0.15) is 12.7 Å². The van der Waals surface area contributed by atoms with Crippen molar-refractivity contribution in [1.29, 1.82) is 0 Å². The van der Waals surface area contributed by atoms with E-state index in [1.807, 2.05) is 0 Å². The Balaban J connectivity index is 3.11. The van der Waals surface area contributed by atoms with Crippen molar-refractivity contribution in [3.05, 3.63) is 0 Å². The summed E-state index contributed by atoms with van der Waals surface area (Å²) >= 11 is 1.13. The summed E-state index contributed by atoms with van der Waals surface area (Å²) in [6, 6.07) is 0. The normalized spacial score (nSPS) is 25.3. The molecular formula is C19H28O11S. The van der Waals surface area contributed by atoms with Gasteiger partial charge in [0.2, 0.25) is 0 Å². The van der Waals surface area contributed by atoms with Gasteiger partial charge in [0.15, 0.2) is 29.7 Å². The molecule has 0 radical (unpaired) electrons. The third kappa shape index (κ3) is 10.1. The van der Waals surface area contributed by atoms with E-state index in [1.165, 1.54) is 13.8 Å². The molecule has 0 N–H and O–H groups in total. The van der Waals surface area contributed by atoms with E-state index in [1.54, 1.807) is 0 Å². The summed E-state index contributed by atoms with van der Waals surface area (Å²) in [4.78, 5) is 57.3. The number of thioether (sulfide) groups is 1. The molecule has 0 aliphatic carbocycles. The molecule has 1 fully saturated rings. The fourth-order valence-corrected chi connectivity index (χ4v) is 3.35. The minimum Gasteiger partial charge on any atom is -0.463 e. The second-order valence-electron chi connectivity index (χ2n) is 6.63. The lowest BCUT2D eigenvalue weighted by molar-refractivity contribution is -0.308. The molecule has 0 aromatic carbocycles. The fraction of sp³-hybridized carbons (Fsp3) is 0.737. The molecule has 1 aliphatic heterocycles. The Hall–Kier alpha value is -2.18. The van der Waals surface area contributed by atoms with Crippen LogP contribution in [-0.4, -0.2) is 78.7 Å². The molecule has 0 aromatic rings. The summed E-state index contributed by atoms with van der Waals surface area (Å²) in [7, 11) is 0. The quantitative estimate of drug-likeness (QED) is 0.256. The smallest absolute Gasteiger partial charge is 0.303 e. The first kappa shape index (κ1) is 26.9. The van der Waals surface area contributed by atoms with Gasteiger partial charge >= 0.3 is 23.9 Å². The first-order valence-electron chi connectivity index (χ1n) is 9.56. The molecule has 31 heavy (non-hydrogen) atoms. The molecule has 1 heterocycles. The number of hydrogen-bond acceptors (Lipinski definition) is 12. The maximum absolute atomic E-state index is 11.7. The largest absolute Gasteiger partial charge is 0.463 e. The lowest BCUT2D eigenvalue weighted by Crippen LogP contribution is -2.63. The first-order valence-corrected chi connectivity index (χ1v) is 10.5. The average molecular weight is 464 g/mol. The zero-order valence-electron chi connectivity index (χ0n) is 18.1. The van der Waals surface area contributed by atoms with Gasteiger partial charge in [0.05, 0.1) is 6.61 Å². The van der Waals surface area contributed by atoms with Gasteiger partial charge in [-0.3, -0.25) is 24.0 Å². The molecule has 0 aromatic heterocycles. The van der Waals surface area contributed by atoms with Gasteiger partial charge in [0.25, 0.3) is 0 Å². The molecule has 0 saturated carbocycles. The SMILES string of the molecule is CC(=O)OC[C@H]1O[C@H](OCCCSC(C)=O)[C@@H](OC(C)=O)[C@@H](OC(C)=O)[C@@H]1OC(C)=O. The number of carbonyl (C=O) groups is 5. The van der Waals surface area contributed by atoms with E-state index in [0.717, 1.165) is 32.5 Å². The van der Waals surface area contributed by atoms with Crippen LogP contribution in [0.5, 0.6) is 0 Å². The van der Waals surface area contributed by atoms with Crippen LogP contribution in [0.4, 0.5) is 0 Å². The van der Waals surface area contributed by atoms with Crippen molar-refractivity contribution < 1.29 is 52.4 Å². The van der Waals surface area contributed by atoms with E-state index in [2.05, 4.69) is 0 Å². The number of carbonyl (C=O) groups excluding carboxylic acids is 5. The van der Waals surface area contributed by atoms with Crippen LogP contribution in [0.15, 0.2) is 0 Å². The van der Waals surface area contributed by atoms with Crippen LogP contribution < -0.4 is 0 Å². The molecule has 176 valence electrons. The van der Waals surface area contributed by atoms with Gasteiger partial charge in [-0.15, -0.1) is 0 Å². The Morgan fingerprint density at radius 3 is 1.84 bits per heavy atom. The van der Waals surface area contributed by atoms with Crippen LogP contribution in [0.2, 0.25) is 0 Å². The van der Waals surface area contributed by atoms with Crippen LogP contribution in [0.25, 0.3) is 0 Å². The van der Waals surface area contributed by atoms with Crippen LogP contribution in [0, 0.1) is 0 Å². The fourth-order valence-electron chi connectivity index (χ4n) is 2.80. The van der Waals surface area contributed by atoms with E-state index in [-0.39, 0.29) is 18.3 Å². The highest BCUT2D eigenvalue weighted by molar-refractivity contribution is 8.13. The number of rotatable bonds is 10. The van der Waals surface area contributed by atoms with Crippen LogP contribution in [0.3, 0.4) is 0 Å². The molecule has 1 saturated heterocycles. The van der Waals surface area contributed by atoms with Gasteiger partial charge in [-0.2, -0.15) is 0 Å². The van der Waals surface area contributed by atoms with Gasteiger partial charge < -0.3 is 28.4 Å². The lowest BCUT2D eigenvalue weighted by atomic mass is 9.98. The summed E-state index contributed by atoms with van der Waals surface area (Å²) in [6.07, 6.45) is -5.52. The molecular weight excluding hydrogens is 436 g/mol. The molecule has 5 atom stereocenters. The van der Waals surface area contributed by atoms with E-state index in [0.29, 0.717) is 12.2 Å². The zero-order chi connectivity index (χ0) is 23.6. The van der Waals surface area contributed by atoms with Gasteiger partial charge in [-0.25, -0.2) is 0 Å². The Morgan fingerprint density at radius 2 is 1.32 bits per heavy atom. The monoisotopic (exact) mass is 464 g/mol. The summed E-state index contributed by atoms with van der Waals surface area (Å²) in [5.41, 5.74) is 0. The van der Waals surface area contributed by atoms with Crippen molar-refractivity contribution in [3.8, 4) is 0 Å². The predicted octanol–water partition coefficient (Wildman–Crippen LogP) is 0.756. The van der Waals surface area contributed by atoms with E-state index < -0.39 is 54.6 Å². The van der Waals surface area contributed by atoms with Crippen molar-refractivity contribution in [2.45, 2.75) is 71.7 Å². The minimum absolute atomic E-state index is 0.0349. The Labute approximate surface area is 184 Å². The maximum atomic E-state index is 11.7. The van der Waals surface area contributed by atoms with E-state index in [4.69, 9.17) is 28.4 Å². The number of esters is 4. The molecule has 0 amide bonds. The highest BCUT2D eigenvalue weighted by Gasteiger charge is 2.52. The Kier molecular flexibility index (Phi) is 11.5. The lowest BCUT2D eigenvalue weighted by Gasteiger charge is -2.44. The second-order valence-corrected chi connectivity index (χ2v) is 7.90. The van der Waals surface area contributed by atoms with Crippen molar-refractivity contribution >= 4 is 40.8 Å². The van der Waals surface area contributed by atoms with Crippen LogP contribution >= 0.6 is 11.8 Å². The number of ether oxygens (including phenoxy) is 6. The topological polar surface area (TPSA) is 141 Å². The predicted molar refractivity (Wildman–Crippen MR) is 106 cm³/mol. The summed E-state index contributed by atoms with van der Waals surface area (Å²) in [5, 5.41) is -0.0349. The molecule has 1 rings (SSSR count). The highest BCUT2D eigenvalue weighted by atomic mass is 32.2. The molecule has 0 unspecified atom stereocenters. The van der Waals surface area contributed by atoms with Crippen molar-refractivity contribution in [2.24, 2.45) is 0 Å². The molecule has 11 nitrogen and oxygen atoms in total. The van der Waals surface area contributed by atoms with Crippen molar-refractivity contribution in [2.75, 3.05) is 19.0 Å². The molecule has 0 bridgehead atoms. The second kappa shape index (κ2) is 13.3. The Bertz CT molecular complexity index is 665.